The minimum Gasteiger partial charge on any atom is -0.325 e. The van der Waals surface area contributed by atoms with Crippen LogP contribution in [0.5, 0.6) is 0 Å². The number of aromatic nitrogens is 3. The van der Waals surface area contributed by atoms with Crippen molar-refractivity contribution in [3.63, 3.8) is 0 Å². The van der Waals surface area contributed by atoms with Crippen LogP contribution in [0.4, 0.5) is 10.8 Å². The lowest BCUT2D eigenvalue weighted by Gasteiger charge is -2.10. The molecule has 3 aromatic rings. The Labute approximate surface area is 171 Å². The minimum absolute atomic E-state index is 0.0374. The molecule has 2 heterocycles. The third-order valence-corrected chi connectivity index (χ3v) is 6.08. The summed E-state index contributed by atoms with van der Waals surface area (Å²) in [6, 6.07) is 7.09. The summed E-state index contributed by atoms with van der Waals surface area (Å²) in [4.78, 5) is 32.4. The molecule has 0 bridgehead atoms. The lowest BCUT2D eigenvalue weighted by molar-refractivity contribution is -0.116. The first kappa shape index (κ1) is 20.7. The lowest BCUT2D eigenvalue weighted by atomic mass is 10.1. The van der Waals surface area contributed by atoms with Gasteiger partial charge in [0.25, 0.3) is 15.6 Å². The van der Waals surface area contributed by atoms with E-state index in [-0.39, 0.29) is 28.0 Å². The van der Waals surface area contributed by atoms with Crippen molar-refractivity contribution in [2.75, 3.05) is 10.0 Å². The van der Waals surface area contributed by atoms with Gasteiger partial charge in [-0.25, -0.2) is 18.4 Å². The summed E-state index contributed by atoms with van der Waals surface area (Å²) in [5, 5.41) is 4.56. The predicted octanol–water partition coefficient (Wildman–Crippen LogP) is 2.26. The molecule has 1 aromatic carbocycles. The van der Waals surface area contributed by atoms with Crippen LogP contribution in [0.1, 0.15) is 25.5 Å². The van der Waals surface area contributed by atoms with Gasteiger partial charge in [0, 0.05) is 23.3 Å². The van der Waals surface area contributed by atoms with Gasteiger partial charge in [0.2, 0.25) is 5.91 Å². The third kappa shape index (κ3) is 5.27. The van der Waals surface area contributed by atoms with Gasteiger partial charge in [-0.3, -0.25) is 18.9 Å². The number of sulfonamides is 1. The molecule has 29 heavy (non-hydrogen) atoms. The van der Waals surface area contributed by atoms with Gasteiger partial charge in [-0.1, -0.05) is 13.8 Å². The summed E-state index contributed by atoms with van der Waals surface area (Å²) in [6.45, 7) is 3.65. The molecule has 3 rings (SSSR count). The summed E-state index contributed by atoms with van der Waals surface area (Å²) in [5.74, 6) is -0.311. The highest BCUT2D eigenvalue weighted by atomic mass is 32.2. The van der Waals surface area contributed by atoms with Gasteiger partial charge in [0.15, 0.2) is 5.13 Å². The largest absolute Gasteiger partial charge is 0.325 e. The zero-order valence-electron chi connectivity index (χ0n) is 15.7. The van der Waals surface area contributed by atoms with Gasteiger partial charge in [-0.2, -0.15) is 0 Å². The highest BCUT2D eigenvalue weighted by molar-refractivity contribution is 7.93. The zero-order valence-corrected chi connectivity index (χ0v) is 17.3. The van der Waals surface area contributed by atoms with Gasteiger partial charge >= 0.3 is 0 Å². The average molecular weight is 434 g/mol. The van der Waals surface area contributed by atoms with Gasteiger partial charge in [0.1, 0.15) is 6.54 Å². The molecule has 0 aliphatic rings. The van der Waals surface area contributed by atoms with Crippen LogP contribution in [0.2, 0.25) is 0 Å². The molecule has 152 valence electrons. The molecular formula is C18H19N5O4S2. The maximum absolute atomic E-state index is 12.3. The number of rotatable bonds is 7. The van der Waals surface area contributed by atoms with Crippen LogP contribution in [0.3, 0.4) is 0 Å². The molecule has 0 radical (unpaired) electrons. The quantitative estimate of drug-likeness (QED) is 0.589. The summed E-state index contributed by atoms with van der Waals surface area (Å²) in [5.41, 5.74) is 0.756. The fraction of sp³-hybridized carbons (Fsp3) is 0.222. The Balaban J connectivity index is 1.65. The van der Waals surface area contributed by atoms with Crippen LogP contribution >= 0.6 is 11.3 Å². The van der Waals surface area contributed by atoms with Crippen LogP contribution < -0.4 is 15.6 Å². The van der Waals surface area contributed by atoms with Crippen LogP contribution in [0.15, 0.2) is 57.9 Å². The van der Waals surface area contributed by atoms with Gasteiger partial charge in [0.05, 0.1) is 16.9 Å². The Morgan fingerprint density at radius 1 is 1.21 bits per heavy atom. The summed E-state index contributed by atoms with van der Waals surface area (Å²) >= 11 is 1.17. The number of nitrogens with one attached hydrogen (secondary N) is 2. The van der Waals surface area contributed by atoms with Gasteiger partial charge in [-0.05, 0) is 30.2 Å². The fourth-order valence-electron chi connectivity index (χ4n) is 2.39. The fourth-order valence-corrected chi connectivity index (χ4v) is 4.18. The van der Waals surface area contributed by atoms with Crippen LogP contribution in [0, 0.1) is 0 Å². The number of benzene rings is 1. The standard InChI is InChI=1S/C18H19N5O4S2/c1-12(2)15-9-17(25)23(11-20-15)10-16(24)21-13-3-5-14(6-4-13)29(26,27)22-18-19-7-8-28-18/h3-9,11-12H,10H2,1-2H3,(H,19,22)(H,21,24). The number of carbonyl (C=O) groups is 1. The molecule has 1 amide bonds. The molecule has 0 saturated heterocycles. The first-order valence-corrected chi connectivity index (χ1v) is 11.0. The second kappa shape index (κ2) is 8.53. The maximum atomic E-state index is 12.3. The highest BCUT2D eigenvalue weighted by Crippen LogP contribution is 2.19. The van der Waals surface area contributed by atoms with Crippen molar-refractivity contribution in [1.82, 2.24) is 14.5 Å². The molecule has 9 nitrogen and oxygen atoms in total. The van der Waals surface area contributed by atoms with E-state index in [2.05, 4.69) is 20.0 Å². The maximum Gasteiger partial charge on any atom is 0.263 e. The number of thiazole rings is 1. The molecular weight excluding hydrogens is 414 g/mol. The van der Waals surface area contributed by atoms with Crippen molar-refractivity contribution in [1.29, 1.82) is 0 Å². The van der Waals surface area contributed by atoms with Crippen LogP contribution in [-0.4, -0.2) is 28.9 Å². The number of carbonyl (C=O) groups excluding carboxylic acids is 1. The Morgan fingerprint density at radius 3 is 2.52 bits per heavy atom. The van der Waals surface area contributed by atoms with E-state index < -0.39 is 15.9 Å². The van der Waals surface area contributed by atoms with Gasteiger partial charge < -0.3 is 5.32 Å². The topological polar surface area (TPSA) is 123 Å². The molecule has 0 unspecified atom stereocenters. The molecule has 2 aromatic heterocycles. The zero-order chi connectivity index (χ0) is 21.0. The molecule has 0 fully saturated rings. The number of anilines is 2. The van der Waals surface area contributed by atoms with Crippen LogP contribution in [-0.2, 0) is 21.4 Å². The summed E-state index contributed by atoms with van der Waals surface area (Å²) in [7, 11) is -3.76. The minimum atomic E-state index is -3.76. The summed E-state index contributed by atoms with van der Waals surface area (Å²) in [6.07, 6.45) is 2.84. The molecule has 2 N–H and O–H groups in total. The first-order chi connectivity index (χ1) is 13.7. The number of amides is 1. The Morgan fingerprint density at radius 2 is 1.93 bits per heavy atom. The second-order valence-corrected chi connectivity index (χ2v) is 9.03. The van der Waals surface area contributed by atoms with Crippen molar-refractivity contribution >= 4 is 38.1 Å². The molecule has 0 atom stereocenters. The molecule has 0 aliphatic carbocycles. The van der Waals surface area contributed by atoms with E-state index in [4.69, 9.17) is 0 Å². The average Bonchev–Trinajstić information content (AvgIpc) is 3.16. The van der Waals surface area contributed by atoms with Crippen molar-refractivity contribution in [3.8, 4) is 0 Å². The SMILES string of the molecule is CC(C)c1cc(=O)n(CC(=O)Nc2ccc(S(=O)(=O)Nc3nccs3)cc2)cn1. The molecule has 0 spiro atoms. The van der Waals surface area contributed by atoms with E-state index in [1.54, 1.807) is 5.38 Å². The van der Waals surface area contributed by atoms with Crippen molar-refractivity contribution in [3.05, 3.63) is 64.3 Å². The first-order valence-electron chi connectivity index (χ1n) is 8.63. The normalized spacial score (nSPS) is 11.4. The van der Waals surface area contributed by atoms with Gasteiger partial charge in [-0.15, -0.1) is 11.3 Å². The lowest BCUT2D eigenvalue weighted by Crippen LogP contribution is -2.28. The smallest absolute Gasteiger partial charge is 0.263 e. The number of nitrogens with zero attached hydrogens (tertiary/aromatic N) is 3. The Kier molecular flexibility index (Phi) is 6.09. The van der Waals surface area contributed by atoms with E-state index in [0.29, 0.717) is 11.4 Å². The van der Waals surface area contributed by atoms with E-state index in [1.165, 1.54) is 58.8 Å². The van der Waals surface area contributed by atoms with Crippen molar-refractivity contribution < 1.29 is 13.2 Å². The van der Waals surface area contributed by atoms with Crippen molar-refractivity contribution in [2.24, 2.45) is 0 Å². The second-order valence-electron chi connectivity index (χ2n) is 6.45. The molecule has 0 aliphatic heterocycles. The predicted molar refractivity (Wildman–Crippen MR) is 111 cm³/mol. The van der Waals surface area contributed by atoms with E-state index in [0.717, 1.165) is 0 Å². The molecule has 0 saturated carbocycles. The van der Waals surface area contributed by atoms with E-state index in [1.807, 2.05) is 13.8 Å². The molecule has 11 heteroatoms. The van der Waals surface area contributed by atoms with E-state index >= 15 is 0 Å². The third-order valence-electron chi connectivity index (χ3n) is 3.91. The van der Waals surface area contributed by atoms with Crippen LogP contribution in [0.25, 0.3) is 0 Å². The van der Waals surface area contributed by atoms with E-state index in [9.17, 15) is 18.0 Å². The Bertz CT molecular complexity index is 1150. The monoisotopic (exact) mass is 433 g/mol. The van der Waals surface area contributed by atoms with Crippen molar-refractivity contribution in [2.45, 2.75) is 31.2 Å². The number of hydrogen-bond donors (Lipinski definition) is 2. The Hall–Kier alpha value is -3.05. The number of hydrogen-bond acceptors (Lipinski definition) is 7. The highest BCUT2D eigenvalue weighted by Gasteiger charge is 2.15. The summed E-state index contributed by atoms with van der Waals surface area (Å²) < 4.78 is 28.2.